The number of nitrogens with one attached hydrogen (secondary N) is 3. The number of benzene rings is 2. The van der Waals surface area contributed by atoms with Gasteiger partial charge in [-0.15, -0.1) is 0 Å². The highest BCUT2D eigenvalue weighted by Gasteiger charge is 2.28. The molecule has 2 heterocycles. The smallest absolute Gasteiger partial charge is 0.260 e. The lowest BCUT2D eigenvalue weighted by Crippen LogP contribution is -2.25. The summed E-state index contributed by atoms with van der Waals surface area (Å²) in [7, 11) is 7.02. The molecule has 0 saturated heterocycles. The Morgan fingerprint density at radius 3 is 2.27 bits per heavy atom. The number of anilines is 5. The monoisotopic (exact) mass is 621 g/mol. The normalized spacial score (nSPS) is 12.4. The molecule has 45 heavy (non-hydrogen) atoms. The fourth-order valence-electron chi connectivity index (χ4n) is 4.69. The molecule has 0 unspecified atom stereocenters. The van der Waals surface area contributed by atoms with Crippen LogP contribution in [0.1, 0.15) is 33.6 Å². The molecule has 0 fully saturated rings. The molecule has 0 radical (unpaired) electrons. The van der Waals surface area contributed by atoms with Crippen LogP contribution in [0.15, 0.2) is 48.7 Å². The molecule has 3 N–H and O–H groups in total. The van der Waals surface area contributed by atoms with Crippen molar-refractivity contribution in [2.24, 2.45) is 0 Å². The molecule has 1 aliphatic rings. The van der Waals surface area contributed by atoms with E-state index in [1.807, 2.05) is 37.2 Å². The second-order valence-corrected chi connectivity index (χ2v) is 10.3. The first kappa shape index (κ1) is 33.6. The number of carbonyl (C=O) groups is 2. The quantitative estimate of drug-likeness (QED) is 0.180. The Bertz CT molecular complexity index is 1420. The van der Waals surface area contributed by atoms with E-state index in [0.29, 0.717) is 86.0 Å². The van der Waals surface area contributed by atoms with Gasteiger partial charge in [0.1, 0.15) is 11.4 Å². The number of carbonyl (C=O) groups excluding carboxylic acids is 2. The van der Waals surface area contributed by atoms with Crippen LogP contribution in [0.2, 0.25) is 0 Å². The van der Waals surface area contributed by atoms with E-state index in [1.54, 1.807) is 42.4 Å². The predicted octanol–water partition coefficient (Wildman–Crippen LogP) is 3.37. The van der Waals surface area contributed by atoms with Gasteiger partial charge in [-0.3, -0.25) is 9.59 Å². The van der Waals surface area contributed by atoms with Crippen LogP contribution in [0.25, 0.3) is 0 Å². The minimum absolute atomic E-state index is 0.137. The van der Waals surface area contributed by atoms with E-state index in [-0.39, 0.29) is 11.8 Å². The van der Waals surface area contributed by atoms with Gasteiger partial charge in [-0.1, -0.05) is 12.1 Å². The first-order valence-electron chi connectivity index (χ1n) is 15.0. The molecule has 2 aromatic carbocycles. The lowest BCUT2D eigenvalue weighted by atomic mass is 10.1. The number of aromatic nitrogens is 2. The first-order valence-corrected chi connectivity index (χ1v) is 15.0. The molecule has 0 aliphatic carbocycles. The standard InChI is InChI=1S/C32H43N7O6/c1-33-13-7-15-43-17-19-45-20-18-44-16-8-14-34-30(40)23-11-12-25(28(21-23)42-4)36-32-35-22-27-29(37-32)38(2)26-10-6-5-9-24(26)31(41)39(27)3/h5-6,9-12,21-22,33H,7-8,13-20H2,1-4H3,(H,34,40)(H,35,36,37). The summed E-state index contributed by atoms with van der Waals surface area (Å²) < 4.78 is 22.1. The van der Waals surface area contributed by atoms with Crippen LogP contribution in [0.4, 0.5) is 28.8 Å². The summed E-state index contributed by atoms with van der Waals surface area (Å²) >= 11 is 0. The molecule has 0 bridgehead atoms. The maximum Gasteiger partial charge on any atom is 0.260 e. The number of methoxy groups -OCH3 is 1. The fraction of sp³-hybridized carbons (Fsp3) is 0.438. The van der Waals surface area contributed by atoms with E-state index in [1.165, 1.54) is 7.11 Å². The number of hydrogen-bond acceptors (Lipinski definition) is 11. The van der Waals surface area contributed by atoms with Gasteiger partial charge in [0.25, 0.3) is 11.8 Å². The van der Waals surface area contributed by atoms with Gasteiger partial charge in [0.05, 0.1) is 56.7 Å². The molecule has 0 saturated carbocycles. The van der Waals surface area contributed by atoms with Crippen molar-refractivity contribution in [3.8, 4) is 5.75 Å². The summed E-state index contributed by atoms with van der Waals surface area (Å²) in [6.07, 6.45) is 3.27. The highest BCUT2D eigenvalue weighted by Crippen LogP contribution is 2.38. The number of fused-ring (bicyclic) bond motifs is 2. The molecular weight excluding hydrogens is 578 g/mol. The predicted molar refractivity (Wildman–Crippen MR) is 173 cm³/mol. The van der Waals surface area contributed by atoms with E-state index < -0.39 is 0 Å². The number of para-hydroxylation sites is 1. The molecule has 242 valence electrons. The zero-order valence-corrected chi connectivity index (χ0v) is 26.4. The zero-order chi connectivity index (χ0) is 32.0. The largest absolute Gasteiger partial charge is 0.495 e. The van der Waals surface area contributed by atoms with Gasteiger partial charge in [-0.25, -0.2) is 4.98 Å². The molecule has 13 heteroatoms. The third-order valence-corrected chi connectivity index (χ3v) is 7.15. The number of rotatable bonds is 18. The molecule has 13 nitrogen and oxygen atoms in total. The van der Waals surface area contributed by atoms with E-state index in [0.717, 1.165) is 25.3 Å². The highest BCUT2D eigenvalue weighted by molar-refractivity contribution is 6.13. The molecule has 0 spiro atoms. The average molecular weight is 622 g/mol. The third-order valence-electron chi connectivity index (χ3n) is 7.15. The van der Waals surface area contributed by atoms with Crippen molar-refractivity contribution in [1.82, 2.24) is 20.6 Å². The van der Waals surface area contributed by atoms with E-state index in [9.17, 15) is 9.59 Å². The topological polar surface area (TPSA) is 139 Å². The van der Waals surface area contributed by atoms with Crippen molar-refractivity contribution in [1.29, 1.82) is 0 Å². The molecule has 0 atom stereocenters. The molecule has 2 amide bonds. The maximum absolute atomic E-state index is 13.0. The van der Waals surface area contributed by atoms with E-state index in [4.69, 9.17) is 23.9 Å². The SMILES string of the molecule is CNCCCOCCOCCOCCCNC(=O)c1ccc(Nc2ncc3c(n2)N(C)c2ccccc2C(=O)N3C)c(OC)c1. The highest BCUT2D eigenvalue weighted by atomic mass is 16.5. The van der Waals surface area contributed by atoms with Crippen molar-refractivity contribution in [3.63, 3.8) is 0 Å². The Labute approximate surface area is 264 Å². The van der Waals surface area contributed by atoms with Gasteiger partial charge >= 0.3 is 0 Å². The summed E-state index contributed by atoms with van der Waals surface area (Å²) in [5, 5.41) is 9.17. The summed E-state index contributed by atoms with van der Waals surface area (Å²) in [5.41, 5.74) is 2.96. The van der Waals surface area contributed by atoms with Crippen LogP contribution in [0.5, 0.6) is 5.75 Å². The maximum atomic E-state index is 13.0. The van der Waals surface area contributed by atoms with Gasteiger partial charge in [0.2, 0.25) is 5.95 Å². The van der Waals surface area contributed by atoms with Crippen LogP contribution >= 0.6 is 0 Å². The third kappa shape index (κ3) is 9.11. The number of nitrogens with zero attached hydrogens (tertiary/aromatic N) is 4. The second-order valence-electron chi connectivity index (χ2n) is 10.3. The van der Waals surface area contributed by atoms with Gasteiger partial charge in [-0.05, 0) is 56.8 Å². The minimum Gasteiger partial charge on any atom is -0.495 e. The van der Waals surface area contributed by atoms with Gasteiger partial charge < -0.3 is 44.7 Å². The average Bonchev–Trinajstić information content (AvgIpc) is 3.14. The molecule has 1 aromatic heterocycles. The van der Waals surface area contributed by atoms with Gasteiger partial charge in [0, 0.05) is 39.4 Å². The Hall–Kier alpha value is -4.30. The Balaban J connectivity index is 1.24. The van der Waals surface area contributed by atoms with Gasteiger partial charge in [0.15, 0.2) is 5.82 Å². The Morgan fingerprint density at radius 1 is 0.867 bits per heavy atom. The van der Waals surface area contributed by atoms with Crippen LogP contribution in [-0.4, -0.2) is 103 Å². The van der Waals surface area contributed by atoms with E-state index >= 15 is 0 Å². The molecule has 3 aromatic rings. The summed E-state index contributed by atoms with van der Waals surface area (Å²) in [6, 6.07) is 12.5. The van der Waals surface area contributed by atoms with Crippen molar-refractivity contribution in [3.05, 3.63) is 59.8 Å². The molecular formula is C32H43N7O6. The van der Waals surface area contributed by atoms with Crippen molar-refractivity contribution >= 4 is 40.6 Å². The van der Waals surface area contributed by atoms with Crippen molar-refractivity contribution < 1.29 is 28.5 Å². The zero-order valence-electron chi connectivity index (χ0n) is 26.4. The number of hydrogen-bond donors (Lipinski definition) is 3. The van der Waals surface area contributed by atoms with Gasteiger partial charge in [-0.2, -0.15) is 4.98 Å². The van der Waals surface area contributed by atoms with Crippen LogP contribution in [0.3, 0.4) is 0 Å². The summed E-state index contributed by atoms with van der Waals surface area (Å²) in [4.78, 5) is 38.4. The van der Waals surface area contributed by atoms with Crippen LogP contribution < -0.4 is 30.5 Å². The minimum atomic E-state index is -0.216. The fourth-order valence-corrected chi connectivity index (χ4v) is 4.69. The van der Waals surface area contributed by atoms with Crippen molar-refractivity contribution in [2.45, 2.75) is 12.8 Å². The second kappa shape index (κ2) is 17.3. The number of ether oxygens (including phenoxy) is 4. The Morgan fingerprint density at radius 2 is 1.56 bits per heavy atom. The first-order chi connectivity index (χ1) is 21.9. The van der Waals surface area contributed by atoms with Crippen LogP contribution in [0, 0.1) is 0 Å². The summed E-state index contributed by atoms with van der Waals surface area (Å²) in [6.45, 7) is 4.77. The van der Waals surface area contributed by atoms with E-state index in [2.05, 4.69) is 20.9 Å². The Kier molecular flexibility index (Phi) is 12.9. The summed E-state index contributed by atoms with van der Waals surface area (Å²) in [5.74, 6) is 0.989. The lowest BCUT2D eigenvalue weighted by Gasteiger charge is -2.21. The lowest BCUT2D eigenvalue weighted by molar-refractivity contribution is 0.0139. The van der Waals surface area contributed by atoms with Crippen LogP contribution in [-0.2, 0) is 14.2 Å². The molecule has 1 aliphatic heterocycles. The number of amides is 2. The molecule has 4 rings (SSSR count). The van der Waals surface area contributed by atoms with Crippen molar-refractivity contribution in [2.75, 3.05) is 96.1 Å².